The summed E-state index contributed by atoms with van der Waals surface area (Å²) in [6, 6.07) is 8.72. The molecule has 3 N–H and O–H groups in total. The van der Waals surface area contributed by atoms with Crippen molar-refractivity contribution < 1.29 is 14.0 Å². The number of hydrogen-bond acceptors (Lipinski definition) is 4. The largest absolute Gasteiger partial charge is 0.472 e. The predicted molar refractivity (Wildman–Crippen MR) is 94.6 cm³/mol. The molecule has 1 fully saturated rings. The van der Waals surface area contributed by atoms with Crippen LogP contribution in [0, 0.1) is 5.92 Å². The molecule has 0 spiro atoms. The van der Waals surface area contributed by atoms with Gasteiger partial charge in [0.25, 0.3) is 5.91 Å². The van der Waals surface area contributed by atoms with Crippen LogP contribution in [0.4, 0.5) is 11.4 Å². The van der Waals surface area contributed by atoms with E-state index in [1.165, 1.54) is 12.5 Å². The predicted octanol–water partition coefficient (Wildman–Crippen LogP) is 2.89. The molecule has 1 aromatic heterocycles. The fraction of sp³-hybridized carbons (Fsp3) is 0.294. The van der Waals surface area contributed by atoms with Crippen LogP contribution in [0.1, 0.15) is 23.2 Å². The minimum absolute atomic E-state index is 0. The molecule has 1 aliphatic rings. The number of carbonyl (C=O) groups excluding carboxylic acids is 2. The van der Waals surface area contributed by atoms with Crippen molar-refractivity contribution in [3.63, 3.8) is 0 Å². The van der Waals surface area contributed by atoms with Crippen molar-refractivity contribution in [3.8, 4) is 0 Å². The molecule has 0 saturated carbocycles. The summed E-state index contributed by atoms with van der Waals surface area (Å²) in [5.41, 5.74) is 1.76. The van der Waals surface area contributed by atoms with Crippen LogP contribution in [0.25, 0.3) is 0 Å². The second kappa shape index (κ2) is 8.52. The average Bonchev–Trinajstić information content (AvgIpc) is 3.10. The van der Waals surface area contributed by atoms with Gasteiger partial charge < -0.3 is 20.4 Å². The van der Waals surface area contributed by atoms with Crippen molar-refractivity contribution in [3.05, 3.63) is 48.4 Å². The Morgan fingerprint density at radius 1 is 1.08 bits per heavy atom. The first-order valence-electron chi connectivity index (χ1n) is 7.67. The zero-order valence-corrected chi connectivity index (χ0v) is 13.9. The molecule has 0 aliphatic carbocycles. The lowest BCUT2D eigenvalue weighted by molar-refractivity contribution is -0.120. The van der Waals surface area contributed by atoms with E-state index in [9.17, 15) is 9.59 Å². The van der Waals surface area contributed by atoms with E-state index in [1.807, 2.05) is 6.07 Å². The smallest absolute Gasteiger partial charge is 0.258 e. The molecule has 1 aromatic carbocycles. The minimum Gasteiger partial charge on any atom is -0.472 e. The molecule has 7 heteroatoms. The molecule has 24 heavy (non-hydrogen) atoms. The van der Waals surface area contributed by atoms with Crippen LogP contribution < -0.4 is 16.0 Å². The van der Waals surface area contributed by atoms with Crippen molar-refractivity contribution in [1.29, 1.82) is 0 Å². The van der Waals surface area contributed by atoms with Crippen LogP contribution in [0.5, 0.6) is 0 Å². The summed E-state index contributed by atoms with van der Waals surface area (Å²) in [6.45, 7) is 1.75. The number of anilines is 2. The summed E-state index contributed by atoms with van der Waals surface area (Å²) >= 11 is 0. The Bertz CT molecular complexity index is 682. The molecule has 1 saturated heterocycles. The van der Waals surface area contributed by atoms with E-state index in [0.29, 0.717) is 16.9 Å². The first-order chi connectivity index (χ1) is 11.2. The van der Waals surface area contributed by atoms with Crippen LogP contribution >= 0.6 is 12.4 Å². The van der Waals surface area contributed by atoms with Gasteiger partial charge in [-0.05, 0) is 50.2 Å². The third-order valence-corrected chi connectivity index (χ3v) is 3.88. The topological polar surface area (TPSA) is 83.4 Å². The maximum Gasteiger partial charge on any atom is 0.258 e. The highest BCUT2D eigenvalue weighted by Gasteiger charge is 2.20. The molecule has 128 valence electrons. The number of benzene rings is 1. The second-order valence-electron chi connectivity index (χ2n) is 5.56. The van der Waals surface area contributed by atoms with Crippen molar-refractivity contribution >= 4 is 35.6 Å². The lowest BCUT2D eigenvalue weighted by atomic mass is 9.97. The highest BCUT2D eigenvalue weighted by atomic mass is 35.5. The summed E-state index contributed by atoms with van der Waals surface area (Å²) in [5, 5.41) is 8.94. The number of hydrogen-bond donors (Lipinski definition) is 3. The fourth-order valence-electron chi connectivity index (χ4n) is 2.60. The number of piperidine rings is 1. The molecule has 2 aromatic rings. The van der Waals surface area contributed by atoms with E-state index in [4.69, 9.17) is 4.42 Å². The number of furan rings is 1. The zero-order chi connectivity index (χ0) is 16.1. The monoisotopic (exact) mass is 349 g/mol. The van der Waals surface area contributed by atoms with Gasteiger partial charge in [-0.3, -0.25) is 9.59 Å². The summed E-state index contributed by atoms with van der Waals surface area (Å²) in [5.74, 6) is -0.175. The lowest BCUT2D eigenvalue weighted by Crippen LogP contribution is -2.34. The highest BCUT2D eigenvalue weighted by molar-refractivity contribution is 6.04. The van der Waals surface area contributed by atoms with Crippen LogP contribution in [0.3, 0.4) is 0 Å². The van der Waals surface area contributed by atoms with Crippen LogP contribution in [0.15, 0.2) is 47.3 Å². The Morgan fingerprint density at radius 2 is 1.79 bits per heavy atom. The molecule has 0 radical (unpaired) electrons. The first-order valence-corrected chi connectivity index (χ1v) is 7.67. The third-order valence-electron chi connectivity index (χ3n) is 3.88. The van der Waals surface area contributed by atoms with E-state index in [-0.39, 0.29) is 30.1 Å². The molecule has 0 unspecified atom stereocenters. The van der Waals surface area contributed by atoms with Gasteiger partial charge in [-0.1, -0.05) is 6.07 Å². The fourth-order valence-corrected chi connectivity index (χ4v) is 2.60. The standard InChI is InChI=1S/C17H19N3O3.ClH/c21-16(12-4-7-18-8-5-12)19-14-2-1-3-15(10-14)20-17(22)13-6-9-23-11-13;/h1-3,6,9-12,18H,4-5,7-8H2,(H,19,21)(H,20,22);1H. The first kappa shape index (κ1) is 18.0. The quantitative estimate of drug-likeness (QED) is 0.792. The molecule has 1 aliphatic heterocycles. The SMILES string of the molecule is Cl.O=C(Nc1cccc(NC(=O)C2CCNCC2)c1)c1ccoc1. The van der Waals surface area contributed by atoms with Gasteiger partial charge in [-0.25, -0.2) is 0 Å². The van der Waals surface area contributed by atoms with E-state index in [1.54, 1.807) is 24.3 Å². The molecule has 2 heterocycles. The van der Waals surface area contributed by atoms with Gasteiger partial charge in [0.2, 0.25) is 5.91 Å². The Hall–Kier alpha value is -2.31. The van der Waals surface area contributed by atoms with Crippen molar-refractivity contribution in [2.45, 2.75) is 12.8 Å². The summed E-state index contributed by atoms with van der Waals surface area (Å²) in [7, 11) is 0. The molecular formula is C17H20ClN3O3. The van der Waals surface area contributed by atoms with Crippen molar-refractivity contribution in [2.75, 3.05) is 23.7 Å². The number of nitrogens with one attached hydrogen (secondary N) is 3. The Morgan fingerprint density at radius 3 is 2.46 bits per heavy atom. The van der Waals surface area contributed by atoms with Gasteiger partial charge in [0.05, 0.1) is 11.8 Å². The summed E-state index contributed by atoms with van der Waals surface area (Å²) in [6.07, 6.45) is 4.54. The second-order valence-corrected chi connectivity index (χ2v) is 5.56. The van der Waals surface area contributed by atoms with E-state index in [0.717, 1.165) is 25.9 Å². The zero-order valence-electron chi connectivity index (χ0n) is 13.1. The molecule has 0 atom stereocenters. The Balaban J connectivity index is 0.00000208. The van der Waals surface area contributed by atoms with Gasteiger partial charge in [0.1, 0.15) is 6.26 Å². The Labute approximate surface area is 146 Å². The maximum absolute atomic E-state index is 12.2. The van der Waals surface area contributed by atoms with Crippen molar-refractivity contribution in [2.24, 2.45) is 5.92 Å². The molecule has 3 rings (SSSR count). The highest BCUT2D eigenvalue weighted by Crippen LogP contribution is 2.19. The average molecular weight is 350 g/mol. The van der Waals surface area contributed by atoms with Crippen LogP contribution in [0.2, 0.25) is 0 Å². The lowest BCUT2D eigenvalue weighted by Gasteiger charge is -2.21. The summed E-state index contributed by atoms with van der Waals surface area (Å²) < 4.78 is 4.89. The van der Waals surface area contributed by atoms with E-state index >= 15 is 0 Å². The van der Waals surface area contributed by atoms with Crippen LogP contribution in [-0.4, -0.2) is 24.9 Å². The third kappa shape index (κ3) is 4.59. The maximum atomic E-state index is 12.2. The van der Waals surface area contributed by atoms with E-state index < -0.39 is 0 Å². The molecular weight excluding hydrogens is 330 g/mol. The minimum atomic E-state index is -0.249. The number of carbonyl (C=O) groups is 2. The van der Waals surface area contributed by atoms with Gasteiger partial charge in [-0.2, -0.15) is 0 Å². The molecule has 0 bridgehead atoms. The summed E-state index contributed by atoms with van der Waals surface area (Å²) in [4.78, 5) is 24.2. The van der Waals surface area contributed by atoms with Gasteiger partial charge >= 0.3 is 0 Å². The Kier molecular flexibility index (Phi) is 6.40. The number of rotatable bonds is 4. The normalized spacial score (nSPS) is 14.5. The molecule has 6 nitrogen and oxygen atoms in total. The van der Waals surface area contributed by atoms with Crippen LogP contribution in [-0.2, 0) is 4.79 Å². The number of halogens is 1. The van der Waals surface area contributed by atoms with E-state index in [2.05, 4.69) is 16.0 Å². The van der Waals surface area contributed by atoms with Gasteiger partial charge in [0.15, 0.2) is 0 Å². The number of amides is 2. The molecule has 2 amide bonds. The van der Waals surface area contributed by atoms with Gasteiger partial charge in [0, 0.05) is 17.3 Å². The van der Waals surface area contributed by atoms with Gasteiger partial charge in [-0.15, -0.1) is 12.4 Å². The van der Waals surface area contributed by atoms with Crippen molar-refractivity contribution in [1.82, 2.24) is 5.32 Å².